The van der Waals surface area contributed by atoms with E-state index in [9.17, 15) is 4.79 Å². The van der Waals surface area contributed by atoms with Crippen molar-refractivity contribution in [2.24, 2.45) is 0 Å². The zero-order chi connectivity index (χ0) is 17.2. The first kappa shape index (κ1) is 18.1. The highest BCUT2D eigenvalue weighted by Gasteiger charge is 2.22. The smallest absolute Gasteiger partial charge is 0.321 e. The normalized spacial score (nSPS) is 14.2. The Morgan fingerprint density at radius 1 is 1.04 bits per heavy atom. The zero-order valence-corrected chi connectivity index (χ0v) is 15.6. The van der Waals surface area contributed by atoms with Crippen molar-refractivity contribution >= 4 is 40.7 Å². The number of carbonyl (C=O) groups is 1. The Balaban J connectivity index is 0.00000196. The molecule has 136 valence electrons. The molecule has 3 aromatic rings. The van der Waals surface area contributed by atoms with Crippen LogP contribution in [0, 0.1) is 6.92 Å². The minimum atomic E-state index is -0.0231. The molecule has 6 heteroatoms. The molecule has 0 aliphatic carbocycles. The van der Waals surface area contributed by atoms with Gasteiger partial charge in [-0.1, -0.05) is 18.2 Å². The average Bonchev–Trinajstić information content (AvgIpc) is 3.10. The van der Waals surface area contributed by atoms with Crippen molar-refractivity contribution in [2.45, 2.75) is 6.92 Å². The number of nitrogens with zero attached hydrogens (tertiary/aromatic N) is 2. The van der Waals surface area contributed by atoms with Gasteiger partial charge in [-0.3, -0.25) is 0 Å². The van der Waals surface area contributed by atoms with Gasteiger partial charge in [-0.15, -0.1) is 12.4 Å². The third-order valence-corrected chi connectivity index (χ3v) is 4.75. The number of hydrogen-bond donors (Lipinski definition) is 2. The minimum absolute atomic E-state index is 0. The van der Waals surface area contributed by atoms with Crippen molar-refractivity contribution in [3.8, 4) is 0 Å². The van der Waals surface area contributed by atoms with Crippen LogP contribution >= 0.6 is 12.4 Å². The fourth-order valence-corrected chi connectivity index (χ4v) is 3.42. The highest BCUT2D eigenvalue weighted by molar-refractivity contribution is 5.93. The number of halogens is 1. The van der Waals surface area contributed by atoms with Gasteiger partial charge < -0.3 is 20.1 Å². The van der Waals surface area contributed by atoms with Crippen LogP contribution in [-0.4, -0.2) is 42.1 Å². The molecule has 2 aromatic carbocycles. The molecule has 0 atom stereocenters. The van der Waals surface area contributed by atoms with E-state index in [0.29, 0.717) is 0 Å². The second-order valence-corrected chi connectivity index (χ2v) is 6.49. The molecule has 1 saturated heterocycles. The second kappa shape index (κ2) is 7.70. The number of amides is 2. The Bertz CT molecular complexity index is 899. The molecule has 4 rings (SSSR count). The number of benzene rings is 2. The first-order chi connectivity index (χ1) is 12.2. The van der Waals surface area contributed by atoms with Crippen LogP contribution in [-0.2, 0) is 0 Å². The fourth-order valence-electron chi connectivity index (χ4n) is 3.42. The molecule has 1 fully saturated rings. The molecule has 1 aromatic heterocycles. The SMILES string of the molecule is Cc1cccc(NC(=O)N2CCN(c3cccc4[nH]ccc34)CC2)c1.Cl. The summed E-state index contributed by atoms with van der Waals surface area (Å²) in [4.78, 5) is 20.0. The van der Waals surface area contributed by atoms with Crippen molar-refractivity contribution in [3.63, 3.8) is 0 Å². The summed E-state index contributed by atoms with van der Waals surface area (Å²) in [6, 6.07) is 16.3. The van der Waals surface area contributed by atoms with E-state index in [-0.39, 0.29) is 18.4 Å². The molecule has 2 heterocycles. The molecule has 2 N–H and O–H groups in total. The highest BCUT2D eigenvalue weighted by Crippen LogP contribution is 2.27. The molecule has 0 unspecified atom stereocenters. The Hall–Kier alpha value is -2.66. The Kier molecular flexibility index (Phi) is 5.38. The van der Waals surface area contributed by atoms with Crippen LogP contribution in [0.5, 0.6) is 0 Å². The quantitative estimate of drug-likeness (QED) is 0.708. The molecular weight excluding hydrogens is 348 g/mol. The summed E-state index contributed by atoms with van der Waals surface area (Å²) in [6.07, 6.45) is 1.97. The van der Waals surface area contributed by atoms with E-state index in [1.54, 1.807) is 0 Å². The average molecular weight is 371 g/mol. The van der Waals surface area contributed by atoms with Crippen LogP contribution in [0.1, 0.15) is 5.56 Å². The maximum absolute atomic E-state index is 12.5. The van der Waals surface area contributed by atoms with Gasteiger partial charge in [-0.05, 0) is 42.8 Å². The van der Waals surface area contributed by atoms with E-state index < -0.39 is 0 Å². The topological polar surface area (TPSA) is 51.4 Å². The summed E-state index contributed by atoms with van der Waals surface area (Å²) in [5.41, 5.74) is 4.38. The van der Waals surface area contributed by atoms with Gasteiger partial charge in [0.05, 0.1) is 0 Å². The molecule has 1 aliphatic heterocycles. The Morgan fingerprint density at radius 2 is 1.81 bits per heavy atom. The van der Waals surface area contributed by atoms with Gasteiger partial charge in [-0.2, -0.15) is 0 Å². The molecule has 0 radical (unpaired) electrons. The highest BCUT2D eigenvalue weighted by atomic mass is 35.5. The lowest BCUT2D eigenvalue weighted by Crippen LogP contribution is -2.50. The van der Waals surface area contributed by atoms with E-state index in [1.165, 1.54) is 11.1 Å². The third kappa shape index (κ3) is 3.63. The van der Waals surface area contributed by atoms with Crippen LogP contribution < -0.4 is 10.2 Å². The van der Waals surface area contributed by atoms with E-state index in [1.807, 2.05) is 42.3 Å². The van der Waals surface area contributed by atoms with Crippen molar-refractivity contribution in [1.82, 2.24) is 9.88 Å². The number of carbonyl (C=O) groups excluding carboxylic acids is 1. The monoisotopic (exact) mass is 370 g/mol. The lowest BCUT2D eigenvalue weighted by Gasteiger charge is -2.36. The van der Waals surface area contributed by atoms with Crippen LogP contribution in [0.4, 0.5) is 16.2 Å². The maximum atomic E-state index is 12.5. The number of H-pyrrole nitrogens is 1. The fraction of sp³-hybridized carbons (Fsp3) is 0.250. The van der Waals surface area contributed by atoms with E-state index in [0.717, 1.165) is 42.9 Å². The largest absolute Gasteiger partial charge is 0.367 e. The van der Waals surface area contributed by atoms with E-state index in [4.69, 9.17) is 0 Å². The first-order valence-corrected chi connectivity index (χ1v) is 8.64. The summed E-state index contributed by atoms with van der Waals surface area (Å²) in [5, 5.41) is 4.23. The number of hydrogen-bond acceptors (Lipinski definition) is 2. The van der Waals surface area contributed by atoms with Crippen molar-refractivity contribution in [1.29, 1.82) is 0 Å². The van der Waals surface area contributed by atoms with Crippen molar-refractivity contribution < 1.29 is 4.79 Å². The summed E-state index contributed by atoms with van der Waals surface area (Å²) in [6.45, 7) is 5.14. The number of rotatable bonds is 2. The first-order valence-electron chi connectivity index (χ1n) is 8.64. The number of anilines is 2. The molecule has 2 amide bonds. The van der Waals surface area contributed by atoms with Gasteiger partial charge in [0.15, 0.2) is 0 Å². The van der Waals surface area contributed by atoms with Gasteiger partial charge in [0, 0.05) is 54.7 Å². The number of aromatic amines is 1. The Morgan fingerprint density at radius 3 is 2.58 bits per heavy atom. The van der Waals surface area contributed by atoms with Gasteiger partial charge in [0.1, 0.15) is 0 Å². The van der Waals surface area contributed by atoms with Gasteiger partial charge in [-0.25, -0.2) is 4.79 Å². The number of fused-ring (bicyclic) bond motifs is 1. The standard InChI is InChI=1S/C20H22N4O.ClH/c1-15-4-2-5-16(14-15)22-20(25)24-12-10-23(11-13-24)19-7-3-6-18-17(19)8-9-21-18;/h2-9,14,21H,10-13H2,1H3,(H,22,25);1H. The molecule has 5 nitrogen and oxygen atoms in total. The summed E-state index contributed by atoms with van der Waals surface area (Å²) >= 11 is 0. The molecular formula is C20H23ClN4O. The van der Waals surface area contributed by atoms with E-state index in [2.05, 4.69) is 39.5 Å². The maximum Gasteiger partial charge on any atom is 0.321 e. The van der Waals surface area contributed by atoms with Crippen molar-refractivity contribution in [2.75, 3.05) is 36.4 Å². The zero-order valence-electron chi connectivity index (χ0n) is 14.7. The number of urea groups is 1. The molecule has 0 saturated carbocycles. The van der Waals surface area contributed by atoms with Gasteiger partial charge in [0.25, 0.3) is 0 Å². The lowest BCUT2D eigenvalue weighted by atomic mass is 10.2. The minimum Gasteiger partial charge on any atom is -0.367 e. The molecule has 1 aliphatic rings. The van der Waals surface area contributed by atoms with Crippen molar-refractivity contribution in [3.05, 3.63) is 60.3 Å². The Labute approximate surface area is 159 Å². The summed E-state index contributed by atoms with van der Waals surface area (Å²) in [7, 11) is 0. The van der Waals surface area contributed by atoms with Gasteiger partial charge in [0.2, 0.25) is 0 Å². The lowest BCUT2D eigenvalue weighted by molar-refractivity contribution is 0.208. The number of aryl methyl sites for hydroxylation is 1. The van der Waals surface area contributed by atoms with Crippen LogP contribution in [0.2, 0.25) is 0 Å². The van der Waals surface area contributed by atoms with Crippen LogP contribution in [0.3, 0.4) is 0 Å². The summed E-state index contributed by atoms with van der Waals surface area (Å²) < 4.78 is 0. The number of aromatic nitrogens is 1. The number of nitrogens with one attached hydrogen (secondary N) is 2. The van der Waals surface area contributed by atoms with E-state index >= 15 is 0 Å². The molecule has 0 spiro atoms. The molecule has 26 heavy (non-hydrogen) atoms. The number of piperazine rings is 1. The predicted molar refractivity (Wildman–Crippen MR) is 110 cm³/mol. The molecule has 0 bridgehead atoms. The predicted octanol–water partition coefficient (Wildman–Crippen LogP) is 4.25. The second-order valence-electron chi connectivity index (χ2n) is 6.49. The van der Waals surface area contributed by atoms with Gasteiger partial charge >= 0.3 is 6.03 Å². The summed E-state index contributed by atoms with van der Waals surface area (Å²) in [5.74, 6) is 0. The third-order valence-electron chi connectivity index (χ3n) is 4.75. The van der Waals surface area contributed by atoms with Crippen LogP contribution in [0.15, 0.2) is 54.7 Å². The van der Waals surface area contributed by atoms with Crippen LogP contribution in [0.25, 0.3) is 10.9 Å².